The number of pyridine rings is 1. The minimum atomic E-state index is -3.29. The molecule has 0 saturated heterocycles. The smallest absolute Gasteiger partial charge is 0.179 e. The van der Waals surface area contributed by atoms with Gasteiger partial charge in [0.05, 0.1) is 16.3 Å². The number of aromatic nitrogens is 2. The average Bonchev–Trinajstić information content (AvgIpc) is 2.96. The summed E-state index contributed by atoms with van der Waals surface area (Å²) >= 11 is 0. The summed E-state index contributed by atoms with van der Waals surface area (Å²) in [6, 6.07) is 12.6. The van der Waals surface area contributed by atoms with Crippen LogP contribution in [0.4, 0.5) is 0 Å². The van der Waals surface area contributed by atoms with Gasteiger partial charge in [0.1, 0.15) is 5.65 Å². The van der Waals surface area contributed by atoms with Crippen molar-refractivity contribution in [3.05, 3.63) is 66.1 Å². The predicted molar refractivity (Wildman–Crippen MR) is 94.7 cm³/mol. The fraction of sp³-hybridized carbons (Fsp3) is 0.278. The van der Waals surface area contributed by atoms with Crippen molar-refractivity contribution >= 4 is 15.5 Å². The van der Waals surface area contributed by atoms with E-state index in [4.69, 9.17) is 0 Å². The van der Waals surface area contributed by atoms with Gasteiger partial charge in [0.15, 0.2) is 9.84 Å². The first-order valence-corrected chi connectivity index (χ1v) is 9.55. The number of fused-ring (bicyclic) bond motifs is 1. The minimum Gasteiger partial charge on any atom is -0.308 e. The monoisotopic (exact) mass is 343 g/mol. The Morgan fingerprint density at radius 2 is 1.92 bits per heavy atom. The van der Waals surface area contributed by atoms with Gasteiger partial charge < -0.3 is 9.72 Å². The second kappa shape index (κ2) is 6.75. The van der Waals surface area contributed by atoms with E-state index in [1.54, 1.807) is 12.1 Å². The lowest BCUT2D eigenvalue weighted by Gasteiger charge is -2.13. The van der Waals surface area contributed by atoms with Crippen LogP contribution in [-0.2, 0) is 16.4 Å². The maximum absolute atomic E-state index is 12.4. The van der Waals surface area contributed by atoms with Gasteiger partial charge in [-0.2, -0.15) is 0 Å². The summed E-state index contributed by atoms with van der Waals surface area (Å²) in [5.74, 6) is 0.0590. The number of aryl methyl sites for hydroxylation is 1. The molecule has 6 heteroatoms. The number of rotatable bonds is 6. The van der Waals surface area contributed by atoms with Gasteiger partial charge in [-0.05, 0) is 38.1 Å². The molecular weight excluding hydrogens is 322 g/mol. The molecule has 126 valence electrons. The molecule has 3 rings (SSSR count). The Balaban J connectivity index is 1.62. The van der Waals surface area contributed by atoms with Gasteiger partial charge in [-0.25, -0.2) is 13.4 Å². The summed E-state index contributed by atoms with van der Waals surface area (Å²) in [5.41, 5.74) is 2.82. The number of nitrogens with one attached hydrogen (secondary N) is 1. The molecular formula is C18H21N3O2S. The highest BCUT2D eigenvalue weighted by molar-refractivity contribution is 7.91. The first kappa shape index (κ1) is 16.7. The topological polar surface area (TPSA) is 63.5 Å². The molecule has 0 radical (unpaired) electrons. The Morgan fingerprint density at radius 3 is 2.62 bits per heavy atom. The van der Waals surface area contributed by atoms with Crippen LogP contribution in [0.3, 0.4) is 0 Å². The Morgan fingerprint density at radius 1 is 1.17 bits per heavy atom. The van der Waals surface area contributed by atoms with Gasteiger partial charge in [0.25, 0.3) is 0 Å². The Bertz CT molecular complexity index is 897. The summed E-state index contributed by atoms with van der Waals surface area (Å²) in [4.78, 5) is 4.87. The Labute approximate surface area is 142 Å². The molecule has 3 aromatic rings. The van der Waals surface area contributed by atoms with Crippen LogP contribution in [0.2, 0.25) is 0 Å². The zero-order valence-electron chi connectivity index (χ0n) is 13.8. The molecule has 0 unspecified atom stereocenters. The fourth-order valence-corrected chi connectivity index (χ4v) is 4.10. The van der Waals surface area contributed by atoms with Crippen LogP contribution in [0, 0.1) is 6.92 Å². The summed E-state index contributed by atoms with van der Waals surface area (Å²) in [6.07, 6.45) is 3.89. The largest absolute Gasteiger partial charge is 0.308 e. The van der Waals surface area contributed by atoms with Crippen molar-refractivity contribution in [2.75, 3.05) is 5.75 Å². The molecule has 0 fully saturated rings. The molecule has 0 aliphatic heterocycles. The number of sulfone groups is 1. The predicted octanol–water partition coefficient (Wildman–Crippen LogP) is 2.59. The van der Waals surface area contributed by atoms with Crippen LogP contribution >= 0.6 is 0 Å². The van der Waals surface area contributed by atoms with E-state index < -0.39 is 9.84 Å². The van der Waals surface area contributed by atoms with Crippen LogP contribution < -0.4 is 5.32 Å². The summed E-state index contributed by atoms with van der Waals surface area (Å²) in [6.45, 7) is 4.35. The van der Waals surface area contributed by atoms with E-state index in [0.717, 1.165) is 16.9 Å². The number of hydrogen-bond donors (Lipinski definition) is 1. The molecule has 0 bridgehead atoms. The molecule has 1 N–H and O–H groups in total. The third kappa shape index (κ3) is 3.83. The van der Waals surface area contributed by atoms with Gasteiger partial charge >= 0.3 is 0 Å². The lowest BCUT2D eigenvalue weighted by molar-refractivity contribution is 0.553. The molecule has 0 saturated carbocycles. The second-order valence-electron chi connectivity index (χ2n) is 6.07. The molecule has 0 amide bonds. The minimum absolute atomic E-state index is 0.0590. The first-order chi connectivity index (χ1) is 11.4. The van der Waals surface area contributed by atoms with Crippen molar-refractivity contribution in [3.63, 3.8) is 0 Å². The normalized spacial score (nSPS) is 13.2. The maximum atomic E-state index is 12.4. The highest BCUT2D eigenvalue weighted by Gasteiger charge is 2.18. The van der Waals surface area contributed by atoms with Crippen molar-refractivity contribution in [3.8, 4) is 0 Å². The molecule has 0 aliphatic carbocycles. The zero-order valence-corrected chi connectivity index (χ0v) is 14.6. The molecule has 0 spiro atoms. The van der Waals surface area contributed by atoms with E-state index in [1.807, 2.05) is 61.0 Å². The van der Waals surface area contributed by atoms with Crippen LogP contribution in [0.25, 0.3) is 5.65 Å². The summed E-state index contributed by atoms with van der Waals surface area (Å²) in [5, 5.41) is 3.24. The van der Waals surface area contributed by atoms with Gasteiger partial charge in [0, 0.05) is 25.0 Å². The van der Waals surface area contributed by atoms with E-state index in [2.05, 4.69) is 10.3 Å². The van der Waals surface area contributed by atoms with E-state index >= 15 is 0 Å². The van der Waals surface area contributed by atoms with E-state index in [9.17, 15) is 8.42 Å². The second-order valence-corrected chi connectivity index (χ2v) is 8.11. The van der Waals surface area contributed by atoms with E-state index in [0.29, 0.717) is 11.4 Å². The average molecular weight is 343 g/mol. The van der Waals surface area contributed by atoms with Gasteiger partial charge in [-0.15, -0.1) is 0 Å². The van der Waals surface area contributed by atoms with Crippen molar-refractivity contribution in [1.29, 1.82) is 0 Å². The first-order valence-electron chi connectivity index (χ1n) is 7.89. The Hall–Kier alpha value is -2.18. The standard InChI is InChI=1S/C18H21N3O2S/c1-14-6-8-17(9-7-14)24(22,23)13-15(2)19-11-16-12-21-10-4-3-5-18(21)20-16/h3-10,12,15,19H,11,13H2,1-2H3/t15-/m1/s1. The van der Waals surface area contributed by atoms with Crippen molar-refractivity contribution < 1.29 is 8.42 Å². The van der Waals surface area contributed by atoms with Crippen LogP contribution in [0.15, 0.2) is 59.8 Å². The summed E-state index contributed by atoms with van der Waals surface area (Å²) < 4.78 is 26.8. The quantitative estimate of drug-likeness (QED) is 0.747. The highest BCUT2D eigenvalue weighted by Crippen LogP contribution is 2.13. The van der Waals surface area contributed by atoms with Crippen LogP contribution in [-0.4, -0.2) is 29.6 Å². The highest BCUT2D eigenvalue weighted by atomic mass is 32.2. The van der Waals surface area contributed by atoms with Crippen molar-refractivity contribution in [1.82, 2.24) is 14.7 Å². The van der Waals surface area contributed by atoms with Gasteiger partial charge in [-0.3, -0.25) is 0 Å². The fourth-order valence-electron chi connectivity index (χ4n) is 2.58. The third-order valence-electron chi connectivity index (χ3n) is 3.90. The number of hydrogen-bond acceptors (Lipinski definition) is 4. The molecule has 2 heterocycles. The molecule has 1 aromatic carbocycles. The SMILES string of the molecule is Cc1ccc(S(=O)(=O)C[C@@H](C)NCc2cn3ccccc3n2)cc1. The van der Waals surface area contributed by atoms with Gasteiger partial charge in [0.2, 0.25) is 0 Å². The molecule has 5 nitrogen and oxygen atoms in total. The van der Waals surface area contributed by atoms with E-state index in [1.165, 1.54) is 0 Å². The Kier molecular flexibility index (Phi) is 4.69. The lowest BCUT2D eigenvalue weighted by Crippen LogP contribution is -2.32. The third-order valence-corrected chi connectivity index (χ3v) is 5.82. The number of nitrogens with zero attached hydrogens (tertiary/aromatic N) is 2. The molecule has 24 heavy (non-hydrogen) atoms. The van der Waals surface area contributed by atoms with Crippen LogP contribution in [0.1, 0.15) is 18.2 Å². The van der Waals surface area contributed by atoms with Gasteiger partial charge in [-0.1, -0.05) is 23.8 Å². The van der Waals surface area contributed by atoms with Crippen molar-refractivity contribution in [2.24, 2.45) is 0 Å². The lowest BCUT2D eigenvalue weighted by atomic mass is 10.2. The van der Waals surface area contributed by atoms with Crippen LogP contribution in [0.5, 0.6) is 0 Å². The number of imidazole rings is 1. The molecule has 0 aliphatic rings. The van der Waals surface area contributed by atoms with E-state index in [-0.39, 0.29) is 11.8 Å². The molecule has 2 aromatic heterocycles. The zero-order chi connectivity index (χ0) is 17.2. The maximum Gasteiger partial charge on any atom is 0.179 e. The molecule has 1 atom stereocenters. The summed E-state index contributed by atoms with van der Waals surface area (Å²) in [7, 11) is -3.29. The number of benzene rings is 1. The van der Waals surface area contributed by atoms with Crippen molar-refractivity contribution in [2.45, 2.75) is 31.3 Å².